The molecule has 0 bridgehead atoms. The zero-order chi connectivity index (χ0) is 21.8. The van der Waals surface area contributed by atoms with Crippen molar-refractivity contribution >= 4 is 17.5 Å². The second-order valence-corrected chi connectivity index (χ2v) is 8.03. The molecule has 4 rings (SSSR count). The molecular formula is C24H29N3O4. The van der Waals surface area contributed by atoms with Gasteiger partial charge in [-0.05, 0) is 17.7 Å². The number of carbonyl (C=O) groups excluding carboxylic acids is 2. The molecule has 7 heteroatoms. The van der Waals surface area contributed by atoms with Crippen molar-refractivity contribution in [1.29, 1.82) is 0 Å². The molecule has 164 valence electrons. The maximum atomic E-state index is 13.1. The fourth-order valence-corrected chi connectivity index (χ4v) is 4.34. The Balaban J connectivity index is 1.37. The van der Waals surface area contributed by atoms with Gasteiger partial charge in [0.2, 0.25) is 11.8 Å². The molecule has 0 unspecified atom stereocenters. The summed E-state index contributed by atoms with van der Waals surface area (Å²) in [6, 6.07) is 15.7. The van der Waals surface area contributed by atoms with E-state index in [9.17, 15) is 9.59 Å². The fraction of sp³-hybridized carbons (Fsp3) is 0.417. The minimum absolute atomic E-state index is 0.0624. The third-order valence-corrected chi connectivity index (χ3v) is 6.08. The lowest BCUT2D eigenvalue weighted by Crippen LogP contribution is -2.50. The minimum Gasteiger partial charge on any atom is -0.497 e. The van der Waals surface area contributed by atoms with Crippen molar-refractivity contribution in [3.63, 3.8) is 0 Å². The van der Waals surface area contributed by atoms with Crippen molar-refractivity contribution in [3.8, 4) is 11.5 Å². The SMILES string of the molecule is COc1ccc(OC)c(N2C[C@H](C(=O)N3CCN(Cc4ccccc4)CC3)CC2=O)c1. The molecule has 2 saturated heterocycles. The van der Waals surface area contributed by atoms with E-state index in [-0.39, 0.29) is 24.2 Å². The summed E-state index contributed by atoms with van der Waals surface area (Å²) in [5.41, 5.74) is 1.93. The van der Waals surface area contributed by atoms with Crippen LogP contribution in [0.3, 0.4) is 0 Å². The predicted octanol–water partition coefficient (Wildman–Crippen LogP) is 2.40. The molecule has 0 aliphatic carbocycles. The summed E-state index contributed by atoms with van der Waals surface area (Å²) in [7, 11) is 3.16. The van der Waals surface area contributed by atoms with Crippen molar-refractivity contribution in [2.45, 2.75) is 13.0 Å². The summed E-state index contributed by atoms with van der Waals surface area (Å²) in [6.45, 7) is 4.33. The number of methoxy groups -OCH3 is 2. The van der Waals surface area contributed by atoms with E-state index in [2.05, 4.69) is 29.2 Å². The van der Waals surface area contributed by atoms with Gasteiger partial charge in [-0.2, -0.15) is 0 Å². The van der Waals surface area contributed by atoms with Crippen molar-refractivity contribution < 1.29 is 19.1 Å². The van der Waals surface area contributed by atoms with E-state index in [0.29, 0.717) is 36.8 Å². The first-order chi connectivity index (χ1) is 15.1. The zero-order valence-corrected chi connectivity index (χ0v) is 18.1. The second kappa shape index (κ2) is 9.39. The number of hydrogen-bond donors (Lipinski definition) is 0. The molecule has 2 aromatic carbocycles. The van der Waals surface area contributed by atoms with Gasteiger partial charge < -0.3 is 19.3 Å². The van der Waals surface area contributed by atoms with Crippen LogP contribution in [0.5, 0.6) is 11.5 Å². The Morgan fingerprint density at radius 2 is 1.74 bits per heavy atom. The summed E-state index contributed by atoms with van der Waals surface area (Å²) in [5.74, 6) is 0.915. The monoisotopic (exact) mass is 423 g/mol. The lowest BCUT2D eigenvalue weighted by atomic mass is 10.1. The van der Waals surface area contributed by atoms with E-state index < -0.39 is 0 Å². The first kappa shape index (κ1) is 21.2. The Bertz CT molecular complexity index is 926. The van der Waals surface area contributed by atoms with Crippen LogP contribution in [0, 0.1) is 5.92 Å². The first-order valence-electron chi connectivity index (χ1n) is 10.7. The van der Waals surface area contributed by atoms with Gasteiger partial charge in [0.15, 0.2) is 0 Å². The number of amides is 2. The Labute approximate surface area is 183 Å². The second-order valence-electron chi connectivity index (χ2n) is 8.03. The summed E-state index contributed by atoms with van der Waals surface area (Å²) in [4.78, 5) is 31.8. The summed E-state index contributed by atoms with van der Waals surface area (Å²) in [5, 5.41) is 0. The van der Waals surface area contributed by atoms with Crippen LogP contribution >= 0.6 is 0 Å². The highest BCUT2D eigenvalue weighted by Crippen LogP contribution is 2.36. The predicted molar refractivity (Wildman–Crippen MR) is 118 cm³/mol. The standard InChI is InChI=1S/C24H29N3O4/c1-30-20-8-9-22(31-2)21(15-20)27-17-19(14-23(27)28)24(29)26-12-10-25(11-13-26)16-18-6-4-3-5-7-18/h3-9,15,19H,10-14,16-17H2,1-2H3/t19-/m1/s1. The lowest BCUT2D eigenvalue weighted by Gasteiger charge is -2.36. The van der Waals surface area contributed by atoms with E-state index in [4.69, 9.17) is 9.47 Å². The number of piperazine rings is 1. The van der Waals surface area contributed by atoms with Crippen LogP contribution in [0.2, 0.25) is 0 Å². The number of anilines is 1. The number of ether oxygens (including phenoxy) is 2. The lowest BCUT2D eigenvalue weighted by molar-refractivity contribution is -0.137. The summed E-state index contributed by atoms with van der Waals surface area (Å²) in [6.07, 6.45) is 0.226. The van der Waals surface area contributed by atoms with Gasteiger partial charge in [0, 0.05) is 51.8 Å². The molecule has 0 saturated carbocycles. The highest BCUT2D eigenvalue weighted by Gasteiger charge is 2.39. The number of hydrogen-bond acceptors (Lipinski definition) is 5. The van der Waals surface area contributed by atoms with Crippen molar-refractivity contribution in [3.05, 3.63) is 54.1 Å². The van der Waals surface area contributed by atoms with Crippen LogP contribution < -0.4 is 14.4 Å². The van der Waals surface area contributed by atoms with Gasteiger partial charge in [-0.3, -0.25) is 14.5 Å². The molecule has 2 aliphatic heterocycles. The minimum atomic E-state index is -0.330. The quantitative estimate of drug-likeness (QED) is 0.714. The van der Waals surface area contributed by atoms with Gasteiger partial charge in [0.25, 0.3) is 0 Å². The van der Waals surface area contributed by atoms with Crippen LogP contribution in [0.15, 0.2) is 48.5 Å². The van der Waals surface area contributed by atoms with E-state index in [1.807, 2.05) is 11.0 Å². The fourth-order valence-electron chi connectivity index (χ4n) is 4.34. The highest BCUT2D eigenvalue weighted by atomic mass is 16.5. The molecule has 31 heavy (non-hydrogen) atoms. The molecule has 0 aromatic heterocycles. The molecule has 7 nitrogen and oxygen atoms in total. The van der Waals surface area contributed by atoms with Crippen LogP contribution in [0.4, 0.5) is 5.69 Å². The Hall–Kier alpha value is -3.06. The van der Waals surface area contributed by atoms with Crippen molar-refractivity contribution in [2.75, 3.05) is 51.8 Å². The number of nitrogens with zero attached hydrogens (tertiary/aromatic N) is 3. The molecule has 0 radical (unpaired) electrons. The van der Waals surface area contributed by atoms with Gasteiger partial charge >= 0.3 is 0 Å². The molecule has 0 N–H and O–H groups in total. The Kier molecular flexibility index (Phi) is 6.42. The molecular weight excluding hydrogens is 394 g/mol. The van der Waals surface area contributed by atoms with E-state index in [1.54, 1.807) is 37.3 Å². The number of carbonyl (C=O) groups is 2. The Morgan fingerprint density at radius 3 is 2.42 bits per heavy atom. The molecule has 2 fully saturated rings. The average Bonchev–Trinajstić information content (AvgIpc) is 3.20. The van der Waals surface area contributed by atoms with Crippen molar-refractivity contribution in [1.82, 2.24) is 9.80 Å². The van der Waals surface area contributed by atoms with Gasteiger partial charge in [0.1, 0.15) is 11.5 Å². The van der Waals surface area contributed by atoms with Gasteiger partial charge in [-0.25, -0.2) is 0 Å². The molecule has 2 heterocycles. The van der Waals surface area contributed by atoms with Gasteiger partial charge in [-0.1, -0.05) is 30.3 Å². The van der Waals surface area contributed by atoms with Crippen LogP contribution in [-0.4, -0.2) is 68.6 Å². The topological polar surface area (TPSA) is 62.3 Å². The normalized spacial score (nSPS) is 19.5. The Morgan fingerprint density at radius 1 is 1.00 bits per heavy atom. The molecule has 2 aliphatic rings. The summed E-state index contributed by atoms with van der Waals surface area (Å²) < 4.78 is 10.7. The average molecular weight is 424 g/mol. The van der Waals surface area contributed by atoms with E-state index in [0.717, 1.165) is 19.6 Å². The van der Waals surface area contributed by atoms with E-state index in [1.165, 1.54) is 5.56 Å². The third kappa shape index (κ3) is 4.66. The number of rotatable bonds is 6. The van der Waals surface area contributed by atoms with Gasteiger partial charge in [-0.15, -0.1) is 0 Å². The highest BCUT2D eigenvalue weighted by molar-refractivity contribution is 6.01. The number of benzene rings is 2. The largest absolute Gasteiger partial charge is 0.497 e. The maximum Gasteiger partial charge on any atom is 0.228 e. The van der Waals surface area contributed by atoms with Crippen molar-refractivity contribution in [2.24, 2.45) is 5.92 Å². The van der Waals surface area contributed by atoms with Gasteiger partial charge in [0.05, 0.1) is 25.8 Å². The smallest absolute Gasteiger partial charge is 0.228 e. The first-order valence-corrected chi connectivity index (χ1v) is 10.7. The molecule has 2 amide bonds. The summed E-state index contributed by atoms with van der Waals surface area (Å²) >= 11 is 0. The third-order valence-electron chi connectivity index (χ3n) is 6.08. The van der Waals surface area contributed by atoms with Crippen LogP contribution in [-0.2, 0) is 16.1 Å². The van der Waals surface area contributed by atoms with Crippen LogP contribution in [0.1, 0.15) is 12.0 Å². The molecule has 2 aromatic rings. The van der Waals surface area contributed by atoms with E-state index >= 15 is 0 Å². The zero-order valence-electron chi connectivity index (χ0n) is 18.1. The van der Waals surface area contributed by atoms with Crippen LogP contribution in [0.25, 0.3) is 0 Å². The molecule has 0 spiro atoms. The molecule has 1 atom stereocenters. The maximum absolute atomic E-state index is 13.1.